The van der Waals surface area contributed by atoms with Crippen LogP contribution in [0.1, 0.15) is 45.2 Å². The normalized spacial score (nSPS) is 12.9. The lowest BCUT2D eigenvalue weighted by molar-refractivity contribution is 0.0945. The Balaban J connectivity index is 1.82. The Morgan fingerprint density at radius 3 is 2.86 bits per heavy atom. The van der Waals surface area contributed by atoms with E-state index >= 15 is 0 Å². The number of hydrogen-bond donors (Lipinski definition) is 2. The number of rotatable bonds is 6. The molecule has 146 valence electrons. The highest BCUT2D eigenvalue weighted by Gasteiger charge is 2.27. The molecular weight excluding hydrogens is 356 g/mol. The first-order chi connectivity index (χ1) is 13.5. The van der Waals surface area contributed by atoms with Gasteiger partial charge < -0.3 is 20.1 Å². The van der Waals surface area contributed by atoms with E-state index in [4.69, 9.17) is 5.26 Å². The predicted octanol–water partition coefficient (Wildman–Crippen LogP) is 1.63. The lowest BCUT2D eigenvalue weighted by Gasteiger charge is -2.17. The van der Waals surface area contributed by atoms with Crippen LogP contribution in [0.3, 0.4) is 0 Å². The average molecular weight is 380 g/mol. The number of imidazole rings is 1. The first-order valence-corrected chi connectivity index (χ1v) is 9.33. The van der Waals surface area contributed by atoms with E-state index in [9.17, 15) is 9.59 Å². The summed E-state index contributed by atoms with van der Waals surface area (Å²) >= 11 is 0. The van der Waals surface area contributed by atoms with E-state index in [1.165, 1.54) is 0 Å². The fourth-order valence-electron chi connectivity index (χ4n) is 3.23. The van der Waals surface area contributed by atoms with Crippen LogP contribution in [0.4, 0.5) is 5.69 Å². The topological polar surface area (TPSA) is 103 Å². The van der Waals surface area contributed by atoms with Crippen molar-refractivity contribution in [3.05, 3.63) is 47.0 Å². The highest BCUT2D eigenvalue weighted by Crippen LogP contribution is 2.22. The number of carbonyl (C=O) groups is 2. The summed E-state index contributed by atoms with van der Waals surface area (Å²) in [5, 5.41) is 14.7. The zero-order valence-corrected chi connectivity index (χ0v) is 16.2. The fourth-order valence-corrected chi connectivity index (χ4v) is 3.23. The van der Waals surface area contributed by atoms with E-state index in [0.29, 0.717) is 30.0 Å². The van der Waals surface area contributed by atoms with Crippen molar-refractivity contribution in [1.82, 2.24) is 19.8 Å². The predicted molar refractivity (Wildman–Crippen MR) is 105 cm³/mol. The summed E-state index contributed by atoms with van der Waals surface area (Å²) in [6.45, 7) is 1.90. The molecule has 0 radical (unpaired) electrons. The van der Waals surface area contributed by atoms with Crippen LogP contribution in [0.15, 0.2) is 24.3 Å². The molecule has 0 unspecified atom stereocenters. The molecule has 2 aromatic rings. The fraction of sp³-hybridized carbons (Fsp3) is 0.400. The third kappa shape index (κ3) is 4.38. The molecule has 1 aromatic heterocycles. The molecule has 0 spiro atoms. The van der Waals surface area contributed by atoms with Crippen LogP contribution in [-0.4, -0.2) is 53.5 Å². The molecule has 8 heteroatoms. The Hall–Kier alpha value is -3.18. The second-order valence-electron chi connectivity index (χ2n) is 7.05. The molecule has 0 aliphatic carbocycles. The van der Waals surface area contributed by atoms with Crippen LogP contribution in [0.5, 0.6) is 0 Å². The SMILES string of the molecule is CN(C)CCNC(=O)c1nc(C(=O)Nc2cccc(C#N)c2)n2c1CCCC2. The van der Waals surface area contributed by atoms with Gasteiger partial charge in [-0.1, -0.05) is 6.07 Å². The van der Waals surface area contributed by atoms with Crippen molar-refractivity contribution in [2.75, 3.05) is 32.5 Å². The molecule has 1 aromatic carbocycles. The van der Waals surface area contributed by atoms with Gasteiger partial charge in [0, 0.05) is 25.3 Å². The van der Waals surface area contributed by atoms with Crippen molar-refractivity contribution in [2.45, 2.75) is 25.8 Å². The Kier molecular flexibility index (Phi) is 6.06. The van der Waals surface area contributed by atoms with Crippen molar-refractivity contribution in [2.24, 2.45) is 0 Å². The van der Waals surface area contributed by atoms with Gasteiger partial charge in [-0.3, -0.25) is 9.59 Å². The molecule has 8 nitrogen and oxygen atoms in total. The number of likely N-dealkylation sites (N-methyl/N-ethyl adjacent to an activating group) is 1. The molecular formula is C20H24N6O2. The highest BCUT2D eigenvalue weighted by molar-refractivity contribution is 6.03. The third-order valence-corrected chi connectivity index (χ3v) is 4.63. The number of nitrogens with one attached hydrogen (secondary N) is 2. The lowest BCUT2D eigenvalue weighted by Crippen LogP contribution is -2.32. The maximum Gasteiger partial charge on any atom is 0.291 e. The number of carbonyl (C=O) groups excluding carboxylic acids is 2. The maximum atomic E-state index is 12.8. The number of anilines is 1. The number of amides is 2. The monoisotopic (exact) mass is 380 g/mol. The summed E-state index contributed by atoms with van der Waals surface area (Å²) in [6, 6.07) is 8.75. The van der Waals surface area contributed by atoms with Crippen LogP contribution < -0.4 is 10.6 Å². The molecule has 0 bridgehead atoms. The van der Waals surface area contributed by atoms with Crippen molar-refractivity contribution in [3.63, 3.8) is 0 Å². The molecule has 0 saturated heterocycles. The zero-order chi connectivity index (χ0) is 20.1. The summed E-state index contributed by atoms with van der Waals surface area (Å²) in [5.74, 6) is -0.404. The number of benzene rings is 1. The van der Waals surface area contributed by atoms with Gasteiger partial charge in [-0.05, 0) is 51.6 Å². The summed E-state index contributed by atoms with van der Waals surface area (Å²) in [5.41, 5.74) is 2.12. The zero-order valence-electron chi connectivity index (χ0n) is 16.2. The Bertz CT molecular complexity index is 925. The van der Waals surface area contributed by atoms with Crippen molar-refractivity contribution >= 4 is 17.5 Å². The molecule has 0 atom stereocenters. The molecule has 28 heavy (non-hydrogen) atoms. The summed E-state index contributed by atoms with van der Waals surface area (Å²) < 4.78 is 1.84. The van der Waals surface area contributed by atoms with Crippen molar-refractivity contribution < 1.29 is 9.59 Å². The van der Waals surface area contributed by atoms with Crippen LogP contribution in [-0.2, 0) is 13.0 Å². The Morgan fingerprint density at radius 1 is 1.29 bits per heavy atom. The smallest absolute Gasteiger partial charge is 0.291 e. The van der Waals surface area contributed by atoms with Gasteiger partial charge >= 0.3 is 0 Å². The minimum atomic E-state index is -0.384. The summed E-state index contributed by atoms with van der Waals surface area (Å²) in [6.07, 6.45) is 2.63. The minimum absolute atomic E-state index is 0.231. The molecule has 0 saturated carbocycles. The molecule has 2 N–H and O–H groups in total. The molecule has 1 aliphatic rings. The molecule has 2 heterocycles. The first kappa shape index (κ1) is 19.6. The Labute approximate surface area is 164 Å². The van der Waals surface area contributed by atoms with Gasteiger partial charge in [0.05, 0.1) is 17.3 Å². The van der Waals surface area contributed by atoms with Gasteiger partial charge in [0.25, 0.3) is 11.8 Å². The standard InChI is InChI=1S/C20H24N6O2/c1-25(2)11-9-22-19(27)17-16-8-3-4-10-26(16)18(24-17)20(28)23-15-7-5-6-14(12-15)13-21/h5-7,12H,3-4,8-11H2,1-2H3,(H,22,27)(H,23,28). The van der Waals surface area contributed by atoms with Gasteiger partial charge in [-0.2, -0.15) is 5.26 Å². The average Bonchev–Trinajstić information content (AvgIpc) is 3.08. The summed E-state index contributed by atoms with van der Waals surface area (Å²) in [4.78, 5) is 31.8. The highest BCUT2D eigenvalue weighted by atomic mass is 16.2. The molecule has 0 fully saturated rings. The molecule has 1 aliphatic heterocycles. The molecule has 2 amide bonds. The van der Waals surface area contributed by atoms with Crippen LogP contribution in [0.25, 0.3) is 0 Å². The quantitative estimate of drug-likeness (QED) is 0.793. The lowest BCUT2D eigenvalue weighted by atomic mass is 10.1. The molecule has 3 rings (SSSR count). The number of fused-ring (bicyclic) bond motifs is 1. The summed E-state index contributed by atoms with van der Waals surface area (Å²) in [7, 11) is 3.88. The second kappa shape index (κ2) is 8.67. The van der Waals surface area contributed by atoms with E-state index in [1.807, 2.05) is 29.6 Å². The number of hydrogen-bond acceptors (Lipinski definition) is 5. The van der Waals surface area contributed by atoms with Gasteiger partial charge in [0.15, 0.2) is 5.82 Å². The van der Waals surface area contributed by atoms with Crippen molar-refractivity contribution in [3.8, 4) is 6.07 Å². The van der Waals surface area contributed by atoms with Gasteiger partial charge in [0.2, 0.25) is 0 Å². The Morgan fingerprint density at radius 2 is 2.11 bits per heavy atom. The third-order valence-electron chi connectivity index (χ3n) is 4.63. The van der Waals surface area contributed by atoms with E-state index in [-0.39, 0.29) is 17.6 Å². The second-order valence-corrected chi connectivity index (χ2v) is 7.05. The maximum absolute atomic E-state index is 12.8. The van der Waals surface area contributed by atoms with E-state index in [0.717, 1.165) is 31.5 Å². The van der Waals surface area contributed by atoms with Gasteiger partial charge in [0.1, 0.15) is 5.69 Å². The minimum Gasteiger partial charge on any atom is -0.349 e. The first-order valence-electron chi connectivity index (χ1n) is 9.33. The van der Waals surface area contributed by atoms with Crippen LogP contribution in [0.2, 0.25) is 0 Å². The van der Waals surface area contributed by atoms with Gasteiger partial charge in [-0.25, -0.2) is 4.98 Å². The van der Waals surface area contributed by atoms with Crippen LogP contribution in [0, 0.1) is 11.3 Å². The number of aromatic nitrogens is 2. The van der Waals surface area contributed by atoms with Crippen molar-refractivity contribution in [1.29, 1.82) is 5.26 Å². The number of nitriles is 1. The van der Waals surface area contributed by atoms with E-state index in [1.54, 1.807) is 24.3 Å². The largest absolute Gasteiger partial charge is 0.349 e. The van der Waals surface area contributed by atoms with Gasteiger partial charge in [-0.15, -0.1) is 0 Å². The van der Waals surface area contributed by atoms with Crippen LogP contribution >= 0.6 is 0 Å². The van der Waals surface area contributed by atoms with E-state index in [2.05, 4.69) is 15.6 Å². The number of nitrogens with zero attached hydrogens (tertiary/aromatic N) is 4. The van der Waals surface area contributed by atoms with E-state index < -0.39 is 0 Å².